The summed E-state index contributed by atoms with van der Waals surface area (Å²) < 4.78 is 0. The molecule has 92 valence electrons. The van der Waals surface area contributed by atoms with Crippen molar-refractivity contribution in [2.75, 3.05) is 0 Å². The van der Waals surface area contributed by atoms with Crippen LogP contribution in [0, 0.1) is 0 Å². The van der Waals surface area contributed by atoms with Crippen LogP contribution in [0.25, 0.3) is 0 Å². The zero-order chi connectivity index (χ0) is 12.8. The quantitative estimate of drug-likeness (QED) is 0.607. The molecule has 2 rings (SSSR count). The number of pyridine rings is 1. The Kier molecular flexibility index (Phi) is 6.30. The minimum atomic E-state index is -1.18. The molecule has 0 aliphatic rings. The average Bonchev–Trinajstić information content (AvgIpc) is 2.40. The predicted octanol–water partition coefficient (Wildman–Crippen LogP) is -2.26. The van der Waals surface area contributed by atoms with Crippen LogP contribution in [0.5, 0.6) is 0 Å². The number of aromatic carboxylic acids is 1. The van der Waals surface area contributed by atoms with Crippen LogP contribution in [0.2, 0.25) is 0 Å². The molecule has 0 unspecified atom stereocenters. The summed E-state index contributed by atoms with van der Waals surface area (Å²) in [4.78, 5) is 14.8. The van der Waals surface area contributed by atoms with Gasteiger partial charge in [0.15, 0.2) is 0 Å². The Hall–Kier alpha value is -1.60. The SMILES string of the molecule is O=C([O-])c1ccnc(CNCc2ccccc2)c1.[Li+]. The van der Waals surface area contributed by atoms with E-state index >= 15 is 0 Å². The van der Waals surface area contributed by atoms with E-state index in [2.05, 4.69) is 10.3 Å². The van der Waals surface area contributed by atoms with Crippen molar-refractivity contribution in [3.63, 3.8) is 0 Å². The van der Waals surface area contributed by atoms with E-state index < -0.39 is 5.97 Å². The zero-order valence-corrected chi connectivity index (χ0v) is 10.8. The Labute approximate surface area is 124 Å². The van der Waals surface area contributed by atoms with E-state index in [1.807, 2.05) is 30.3 Å². The molecule has 0 radical (unpaired) electrons. The first-order valence-electron chi connectivity index (χ1n) is 5.66. The van der Waals surface area contributed by atoms with E-state index in [1.54, 1.807) is 0 Å². The molecule has 1 aromatic heterocycles. The van der Waals surface area contributed by atoms with E-state index in [-0.39, 0.29) is 24.4 Å². The molecule has 0 aliphatic heterocycles. The molecule has 1 heterocycles. The summed E-state index contributed by atoms with van der Waals surface area (Å²) in [5, 5.41) is 13.9. The van der Waals surface area contributed by atoms with E-state index in [9.17, 15) is 9.90 Å². The Morgan fingerprint density at radius 2 is 1.89 bits per heavy atom. The summed E-state index contributed by atoms with van der Waals surface area (Å²) in [5.74, 6) is -1.18. The molecule has 0 amide bonds. The van der Waals surface area contributed by atoms with Gasteiger partial charge in [0.25, 0.3) is 0 Å². The number of nitrogens with zero attached hydrogens (tertiary/aromatic N) is 1. The standard InChI is InChI=1S/C14H14N2O2.Li/c17-14(18)12-6-7-16-13(8-12)10-15-9-11-4-2-1-3-5-11;/h1-8,15H,9-10H2,(H,17,18);/q;+1/p-1. The van der Waals surface area contributed by atoms with Gasteiger partial charge < -0.3 is 15.2 Å². The minimum Gasteiger partial charge on any atom is -0.545 e. The van der Waals surface area contributed by atoms with E-state index in [0.29, 0.717) is 12.2 Å². The molecule has 0 atom stereocenters. The number of benzene rings is 1. The van der Waals surface area contributed by atoms with Crippen molar-refractivity contribution < 1.29 is 28.8 Å². The molecule has 0 spiro atoms. The van der Waals surface area contributed by atoms with Crippen LogP contribution in [0.3, 0.4) is 0 Å². The van der Waals surface area contributed by atoms with Crippen LogP contribution in [0.1, 0.15) is 21.6 Å². The summed E-state index contributed by atoms with van der Waals surface area (Å²) in [6.45, 7) is 1.24. The second kappa shape index (κ2) is 7.75. The molecule has 0 saturated heterocycles. The van der Waals surface area contributed by atoms with Crippen LogP contribution in [-0.2, 0) is 13.1 Å². The monoisotopic (exact) mass is 248 g/mol. The third kappa shape index (κ3) is 4.88. The molecule has 0 saturated carbocycles. The third-order valence-corrected chi connectivity index (χ3v) is 2.53. The van der Waals surface area contributed by atoms with Crippen molar-refractivity contribution in [2.24, 2.45) is 0 Å². The fourth-order valence-electron chi connectivity index (χ4n) is 1.63. The topological polar surface area (TPSA) is 65.0 Å². The Morgan fingerprint density at radius 3 is 2.58 bits per heavy atom. The number of aromatic nitrogens is 1. The Balaban J connectivity index is 0.00000180. The summed E-state index contributed by atoms with van der Waals surface area (Å²) in [6.07, 6.45) is 1.48. The van der Waals surface area contributed by atoms with Gasteiger partial charge in [-0.1, -0.05) is 30.3 Å². The van der Waals surface area contributed by atoms with Gasteiger partial charge in [-0.05, 0) is 17.7 Å². The number of carboxylic acid groups (broad SMARTS) is 1. The molecule has 4 nitrogen and oxygen atoms in total. The minimum absolute atomic E-state index is 0. The maximum atomic E-state index is 10.7. The van der Waals surface area contributed by atoms with Gasteiger partial charge in [0, 0.05) is 24.8 Å². The van der Waals surface area contributed by atoms with Gasteiger partial charge in [0.1, 0.15) is 0 Å². The van der Waals surface area contributed by atoms with E-state index in [1.165, 1.54) is 23.9 Å². The van der Waals surface area contributed by atoms with Gasteiger partial charge in [-0.15, -0.1) is 0 Å². The maximum absolute atomic E-state index is 10.7. The zero-order valence-electron chi connectivity index (χ0n) is 10.8. The van der Waals surface area contributed by atoms with Gasteiger partial charge in [0.05, 0.1) is 11.7 Å². The fourth-order valence-corrected chi connectivity index (χ4v) is 1.63. The molecule has 0 bridgehead atoms. The Morgan fingerprint density at radius 1 is 1.16 bits per heavy atom. The molecular weight excluding hydrogens is 235 g/mol. The normalized spacial score (nSPS) is 9.68. The van der Waals surface area contributed by atoms with E-state index in [0.717, 1.165) is 6.54 Å². The van der Waals surface area contributed by atoms with Gasteiger partial charge in [0.2, 0.25) is 0 Å². The van der Waals surface area contributed by atoms with Gasteiger partial charge in [-0.2, -0.15) is 0 Å². The number of carbonyl (C=O) groups is 1. The van der Waals surface area contributed by atoms with Crippen LogP contribution in [-0.4, -0.2) is 11.0 Å². The van der Waals surface area contributed by atoms with Crippen molar-refractivity contribution >= 4 is 5.97 Å². The first kappa shape index (κ1) is 15.5. The molecule has 1 N–H and O–H groups in total. The summed E-state index contributed by atoms with van der Waals surface area (Å²) in [5.41, 5.74) is 2.02. The summed E-state index contributed by atoms with van der Waals surface area (Å²) in [7, 11) is 0. The maximum Gasteiger partial charge on any atom is 1.00 e. The number of nitrogens with one attached hydrogen (secondary N) is 1. The van der Waals surface area contributed by atoms with Crippen LogP contribution >= 0.6 is 0 Å². The van der Waals surface area contributed by atoms with Crippen LogP contribution in [0.15, 0.2) is 48.7 Å². The molecule has 0 aliphatic carbocycles. The smallest absolute Gasteiger partial charge is 0.545 e. The number of hydrogen-bond acceptors (Lipinski definition) is 4. The second-order valence-electron chi connectivity index (χ2n) is 3.91. The van der Waals surface area contributed by atoms with Crippen LogP contribution < -0.4 is 29.3 Å². The van der Waals surface area contributed by atoms with Gasteiger partial charge in [-0.3, -0.25) is 4.98 Å². The van der Waals surface area contributed by atoms with Crippen molar-refractivity contribution in [3.05, 3.63) is 65.5 Å². The average molecular weight is 248 g/mol. The molecule has 0 fully saturated rings. The number of hydrogen-bond donors (Lipinski definition) is 1. The third-order valence-electron chi connectivity index (χ3n) is 2.53. The van der Waals surface area contributed by atoms with Crippen molar-refractivity contribution in [1.29, 1.82) is 0 Å². The molecule has 19 heavy (non-hydrogen) atoms. The number of carboxylic acids is 1. The van der Waals surface area contributed by atoms with Crippen molar-refractivity contribution in [1.82, 2.24) is 10.3 Å². The summed E-state index contributed by atoms with van der Waals surface area (Å²) >= 11 is 0. The first-order valence-corrected chi connectivity index (χ1v) is 5.66. The molecule has 2 aromatic rings. The van der Waals surface area contributed by atoms with Gasteiger partial charge >= 0.3 is 18.9 Å². The van der Waals surface area contributed by atoms with Crippen molar-refractivity contribution in [2.45, 2.75) is 13.1 Å². The fraction of sp³-hybridized carbons (Fsp3) is 0.143. The Bertz CT molecular complexity index is 532. The molecular formula is C14H13LiN2O2. The molecule has 5 heteroatoms. The van der Waals surface area contributed by atoms with Gasteiger partial charge in [-0.25, -0.2) is 0 Å². The number of rotatable bonds is 5. The summed E-state index contributed by atoms with van der Waals surface area (Å²) in [6, 6.07) is 12.9. The van der Waals surface area contributed by atoms with Crippen LogP contribution in [0.4, 0.5) is 0 Å². The largest absolute Gasteiger partial charge is 1.00 e. The first-order chi connectivity index (χ1) is 8.75. The number of carbonyl (C=O) groups excluding carboxylic acids is 1. The second-order valence-corrected chi connectivity index (χ2v) is 3.91. The van der Waals surface area contributed by atoms with Crippen molar-refractivity contribution in [3.8, 4) is 0 Å². The molecule has 1 aromatic carbocycles. The van der Waals surface area contributed by atoms with E-state index in [4.69, 9.17) is 0 Å². The predicted molar refractivity (Wildman–Crippen MR) is 65.6 cm³/mol.